The second-order valence-electron chi connectivity index (χ2n) is 6.91. The third kappa shape index (κ3) is 7.24. The molecule has 12 heteroatoms. The molecular weight excluding hydrogens is 536 g/mol. The van der Waals surface area contributed by atoms with Crippen molar-refractivity contribution in [2.24, 2.45) is 4.99 Å². The average molecular weight is 564 g/mol. The van der Waals surface area contributed by atoms with Crippen molar-refractivity contribution >= 4 is 40.0 Å². The van der Waals surface area contributed by atoms with Crippen LogP contribution in [-0.2, 0) is 10.0 Å². The largest absolute Gasteiger partial charge is 0.511 e. The van der Waals surface area contributed by atoms with Crippen LogP contribution < -0.4 is 10.6 Å². The molecule has 30 heavy (non-hydrogen) atoms. The molecule has 0 saturated carbocycles. The van der Waals surface area contributed by atoms with Crippen molar-refractivity contribution in [3.8, 4) is 0 Å². The van der Waals surface area contributed by atoms with E-state index >= 15 is 0 Å². The lowest BCUT2D eigenvalue weighted by Crippen LogP contribution is -2.51. The summed E-state index contributed by atoms with van der Waals surface area (Å²) < 4.78 is 61.4. The number of alkyl halides is 3. The fourth-order valence-electron chi connectivity index (χ4n) is 2.97. The summed E-state index contributed by atoms with van der Waals surface area (Å²) in [4.78, 5) is 4.35. The summed E-state index contributed by atoms with van der Waals surface area (Å²) in [6.07, 6.45) is -0.342. The van der Waals surface area contributed by atoms with E-state index in [-0.39, 0.29) is 62.5 Å². The van der Waals surface area contributed by atoms with Crippen molar-refractivity contribution in [3.63, 3.8) is 0 Å². The highest BCUT2D eigenvalue weighted by Gasteiger charge is 2.50. The van der Waals surface area contributed by atoms with Gasteiger partial charge in [-0.15, -0.1) is 24.0 Å². The van der Waals surface area contributed by atoms with E-state index in [9.17, 15) is 26.7 Å². The smallest absolute Gasteiger partial charge is 0.386 e. The highest BCUT2D eigenvalue weighted by Crippen LogP contribution is 2.28. The van der Waals surface area contributed by atoms with Crippen LogP contribution in [-0.4, -0.2) is 61.5 Å². The number of sulfonamides is 1. The Balaban J connectivity index is 0.00000450. The minimum absolute atomic E-state index is 0. The number of nitrogens with one attached hydrogen (secondary N) is 2. The fraction of sp³-hybridized carbons (Fsp3) is 0.611. The van der Waals surface area contributed by atoms with Crippen LogP contribution in [0.5, 0.6) is 0 Å². The van der Waals surface area contributed by atoms with E-state index in [4.69, 9.17) is 0 Å². The molecule has 1 fully saturated rings. The second-order valence-corrected chi connectivity index (χ2v) is 8.84. The molecule has 0 bridgehead atoms. The van der Waals surface area contributed by atoms with Crippen molar-refractivity contribution in [3.05, 3.63) is 35.4 Å². The standard InChI is InChI=1S/C18H27F3N4O3S.HI/c1-3-22-17(23-12-16(26)14-6-4-13(2)5-7-14)24-15-8-10-25(11-9-15)29(27,28)18(19,20)21;/h4-7,15-16,26H,3,8-12H2,1-2H3,(H2,22,23,24);1H. The molecule has 172 valence electrons. The number of piperidine rings is 1. The first-order valence-electron chi connectivity index (χ1n) is 9.40. The van der Waals surface area contributed by atoms with E-state index in [1.165, 1.54) is 0 Å². The third-order valence-electron chi connectivity index (χ3n) is 4.66. The van der Waals surface area contributed by atoms with Gasteiger partial charge in [0.2, 0.25) is 0 Å². The van der Waals surface area contributed by atoms with Gasteiger partial charge in [0.05, 0.1) is 12.6 Å². The number of hydrogen-bond acceptors (Lipinski definition) is 4. The number of hydrogen-bond donors (Lipinski definition) is 3. The summed E-state index contributed by atoms with van der Waals surface area (Å²) in [7, 11) is -5.29. The maximum atomic E-state index is 12.7. The Labute approximate surface area is 192 Å². The van der Waals surface area contributed by atoms with E-state index in [1.807, 2.05) is 38.1 Å². The molecule has 1 unspecified atom stereocenters. The lowest BCUT2D eigenvalue weighted by Gasteiger charge is -2.32. The minimum atomic E-state index is -5.29. The first kappa shape index (κ1) is 26.9. The van der Waals surface area contributed by atoms with Crippen molar-refractivity contribution < 1.29 is 26.7 Å². The Morgan fingerprint density at radius 1 is 1.27 bits per heavy atom. The fourth-order valence-corrected chi connectivity index (χ4v) is 3.96. The van der Waals surface area contributed by atoms with Gasteiger partial charge in [-0.2, -0.15) is 17.5 Å². The second kappa shape index (κ2) is 11.5. The van der Waals surface area contributed by atoms with Gasteiger partial charge in [0, 0.05) is 25.7 Å². The number of benzene rings is 1. The molecule has 2 rings (SSSR count). The van der Waals surface area contributed by atoms with E-state index < -0.39 is 21.6 Å². The number of aliphatic hydroxyl groups excluding tert-OH is 1. The monoisotopic (exact) mass is 564 g/mol. The van der Waals surface area contributed by atoms with Gasteiger partial charge in [-0.1, -0.05) is 29.8 Å². The van der Waals surface area contributed by atoms with Crippen LogP contribution >= 0.6 is 24.0 Å². The zero-order valence-electron chi connectivity index (χ0n) is 16.8. The van der Waals surface area contributed by atoms with Crippen LogP contribution in [0, 0.1) is 6.92 Å². The van der Waals surface area contributed by atoms with Crippen molar-refractivity contribution in [2.75, 3.05) is 26.2 Å². The highest BCUT2D eigenvalue weighted by molar-refractivity contribution is 14.0. The molecule has 1 aliphatic heterocycles. The summed E-state index contributed by atoms with van der Waals surface area (Å²) >= 11 is 0. The zero-order chi connectivity index (χ0) is 21.7. The number of aliphatic imine (C=N–C) groups is 1. The Hall–Kier alpha value is -1.12. The van der Waals surface area contributed by atoms with E-state index in [0.29, 0.717) is 16.8 Å². The van der Waals surface area contributed by atoms with Crippen LogP contribution in [0.3, 0.4) is 0 Å². The Morgan fingerprint density at radius 3 is 2.33 bits per heavy atom. The average Bonchev–Trinajstić information content (AvgIpc) is 2.66. The normalized spacial score (nSPS) is 17.9. The Morgan fingerprint density at radius 2 is 1.83 bits per heavy atom. The number of nitrogens with zero attached hydrogens (tertiary/aromatic N) is 2. The molecule has 7 nitrogen and oxygen atoms in total. The summed E-state index contributed by atoms with van der Waals surface area (Å²) in [5.41, 5.74) is -3.46. The molecule has 0 aromatic heterocycles. The quantitative estimate of drug-likeness (QED) is 0.281. The molecule has 1 atom stereocenters. The van der Waals surface area contributed by atoms with Crippen LogP contribution in [0.2, 0.25) is 0 Å². The maximum absolute atomic E-state index is 12.7. The van der Waals surface area contributed by atoms with Gasteiger partial charge in [0.25, 0.3) is 0 Å². The molecular formula is C18H28F3IN4O3S. The van der Waals surface area contributed by atoms with Gasteiger partial charge < -0.3 is 15.7 Å². The molecule has 1 aromatic carbocycles. The molecule has 0 spiro atoms. The summed E-state index contributed by atoms with van der Waals surface area (Å²) in [5, 5.41) is 16.4. The number of aliphatic hydroxyl groups is 1. The highest BCUT2D eigenvalue weighted by atomic mass is 127. The van der Waals surface area contributed by atoms with Gasteiger partial charge in [-0.25, -0.2) is 8.42 Å². The first-order valence-corrected chi connectivity index (χ1v) is 10.8. The summed E-state index contributed by atoms with van der Waals surface area (Å²) in [6, 6.07) is 7.23. The van der Waals surface area contributed by atoms with Crippen molar-refractivity contribution in [1.82, 2.24) is 14.9 Å². The molecule has 0 radical (unpaired) electrons. The lowest BCUT2D eigenvalue weighted by molar-refractivity contribution is -0.0494. The van der Waals surface area contributed by atoms with E-state index in [0.717, 1.165) is 11.1 Å². The number of rotatable bonds is 6. The Bertz CT molecular complexity index is 796. The zero-order valence-corrected chi connectivity index (χ0v) is 20.0. The van der Waals surface area contributed by atoms with Gasteiger partial charge in [-0.05, 0) is 32.3 Å². The predicted molar refractivity (Wildman–Crippen MR) is 120 cm³/mol. The predicted octanol–water partition coefficient (Wildman–Crippen LogP) is 2.52. The van der Waals surface area contributed by atoms with Gasteiger partial charge in [0.15, 0.2) is 5.96 Å². The van der Waals surface area contributed by atoms with Crippen LogP contribution in [0.4, 0.5) is 13.2 Å². The van der Waals surface area contributed by atoms with Crippen LogP contribution in [0.15, 0.2) is 29.3 Å². The maximum Gasteiger partial charge on any atom is 0.511 e. The third-order valence-corrected chi connectivity index (χ3v) is 6.29. The molecule has 0 aliphatic carbocycles. The molecule has 1 saturated heterocycles. The SMILES string of the molecule is CCNC(=NCC(O)c1ccc(C)cc1)NC1CCN(S(=O)(=O)C(F)(F)F)CC1.I. The number of aryl methyl sites for hydroxylation is 1. The number of halogens is 4. The van der Waals surface area contributed by atoms with Gasteiger partial charge in [-0.3, -0.25) is 4.99 Å². The lowest BCUT2D eigenvalue weighted by atomic mass is 10.1. The van der Waals surface area contributed by atoms with E-state index in [2.05, 4.69) is 15.6 Å². The number of guanidine groups is 1. The molecule has 1 heterocycles. The molecule has 1 aromatic rings. The van der Waals surface area contributed by atoms with Crippen molar-refractivity contribution in [1.29, 1.82) is 0 Å². The molecule has 3 N–H and O–H groups in total. The first-order chi connectivity index (χ1) is 13.5. The Kier molecular flexibility index (Phi) is 10.3. The van der Waals surface area contributed by atoms with E-state index in [1.54, 1.807) is 0 Å². The van der Waals surface area contributed by atoms with Gasteiger partial charge in [0.1, 0.15) is 0 Å². The van der Waals surface area contributed by atoms with Crippen molar-refractivity contribution in [2.45, 2.75) is 44.3 Å². The summed E-state index contributed by atoms with van der Waals surface area (Å²) in [6.45, 7) is 4.06. The minimum Gasteiger partial charge on any atom is -0.386 e. The topological polar surface area (TPSA) is 94.0 Å². The van der Waals surface area contributed by atoms with Gasteiger partial charge >= 0.3 is 15.5 Å². The van der Waals surface area contributed by atoms with Crippen LogP contribution in [0.1, 0.15) is 37.0 Å². The molecule has 0 amide bonds. The van der Waals surface area contributed by atoms with Crippen LogP contribution in [0.25, 0.3) is 0 Å². The summed E-state index contributed by atoms with van der Waals surface area (Å²) in [5.74, 6) is 0.427. The molecule has 1 aliphatic rings.